The molecule has 0 spiro atoms. The zero-order chi connectivity index (χ0) is 17.5. The molecular formula is C18H17N5S3. The number of hydrogen-bond acceptors (Lipinski definition) is 7. The molecule has 4 aromatic heterocycles. The summed E-state index contributed by atoms with van der Waals surface area (Å²) in [5.41, 5.74) is 1.22. The fourth-order valence-corrected chi connectivity index (χ4v) is 6.24. The maximum Gasteiger partial charge on any atom is 0.197 e. The summed E-state index contributed by atoms with van der Waals surface area (Å²) in [6, 6.07) is 4.24. The molecule has 0 aliphatic carbocycles. The average Bonchev–Trinajstić information content (AvgIpc) is 3.33. The van der Waals surface area contributed by atoms with Crippen LogP contribution in [0.2, 0.25) is 0 Å². The number of hydrogen-bond donors (Lipinski definition) is 0. The molecule has 0 bridgehead atoms. The van der Waals surface area contributed by atoms with E-state index in [2.05, 4.69) is 42.6 Å². The van der Waals surface area contributed by atoms with Gasteiger partial charge in [0.1, 0.15) is 21.5 Å². The van der Waals surface area contributed by atoms with Crippen molar-refractivity contribution in [2.45, 2.75) is 49.3 Å². The van der Waals surface area contributed by atoms with Crippen LogP contribution in [0.5, 0.6) is 0 Å². The summed E-state index contributed by atoms with van der Waals surface area (Å²) in [6.07, 6.45) is 4.67. The van der Waals surface area contributed by atoms with E-state index in [1.54, 1.807) is 34.4 Å². The lowest BCUT2D eigenvalue weighted by atomic mass is 10.2. The van der Waals surface area contributed by atoms with Crippen molar-refractivity contribution in [1.82, 2.24) is 24.7 Å². The minimum absolute atomic E-state index is 0.801. The summed E-state index contributed by atoms with van der Waals surface area (Å²) in [6.45, 7) is 2.96. The first kappa shape index (κ1) is 16.4. The monoisotopic (exact) mass is 399 g/mol. The van der Waals surface area contributed by atoms with Crippen LogP contribution >= 0.6 is 34.4 Å². The Morgan fingerprint density at radius 2 is 2.08 bits per heavy atom. The van der Waals surface area contributed by atoms with E-state index >= 15 is 0 Å². The molecule has 0 saturated heterocycles. The fourth-order valence-electron chi connectivity index (χ4n) is 3.32. The van der Waals surface area contributed by atoms with Gasteiger partial charge >= 0.3 is 0 Å². The van der Waals surface area contributed by atoms with Crippen LogP contribution < -0.4 is 0 Å². The van der Waals surface area contributed by atoms with Gasteiger partial charge in [-0.2, -0.15) is 0 Å². The van der Waals surface area contributed by atoms with Gasteiger partial charge in [-0.3, -0.25) is 0 Å². The molecule has 5 nitrogen and oxygen atoms in total. The zero-order valence-corrected chi connectivity index (χ0v) is 16.8. The van der Waals surface area contributed by atoms with E-state index in [-0.39, 0.29) is 0 Å². The van der Waals surface area contributed by atoms with Crippen LogP contribution in [0.4, 0.5) is 0 Å². The van der Waals surface area contributed by atoms with Crippen molar-refractivity contribution in [2.75, 3.05) is 0 Å². The van der Waals surface area contributed by atoms with Crippen molar-refractivity contribution in [3.05, 3.63) is 34.5 Å². The topological polar surface area (TPSA) is 56.5 Å². The van der Waals surface area contributed by atoms with Crippen molar-refractivity contribution >= 4 is 44.7 Å². The Morgan fingerprint density at radius 3 is 2.96 bits per heavy atom. The van der Waals surface area contributed by atoms with E-state index in [1.807, 2.05) is 6.92 Å². The molecule has 0 saturated carbocycles. The average molecular weight is 400 g/mol. The molecule has 5 heterocycles. The maximum atomic E-state index is 4.77. The molecule has 1 aliphatic rings. The van der Waals surface area contributed by atoms with Gasteiger partial charge < -0.3 is 4.57 Å². The molecule has 8 heteroatoms. The first-order valence-electron chi connectivity index (χ1n) is 8.69. The number of fused-ring (bicyclic) bond motifs is 2. The number of aryl methyl sites for hydroxylation is 2. The zero-order valence-electron chi connectivity index (χ0n) is 14.3. The molecule has 4 aromatic rings. The number of rotatable bonds is 3. The Hall–Kier alpha value is -1.77. The van der Waals surface area contributed by atoms with E-state index in [0.29, 0.717) is 0 Å². The lowest BCUT2D eigenvalue weighted by molar-refractivity contribution is 0.590. The summed E-state index contributed by atoms with van der Waals surface area (Å²) in [4.78, 5) is 11.7. The highest BCUT2D eigenvalue weighted by Crippen LogP contribution is 2.41. The van der Waals surface area contributed by atoms with E-state index in [9.17, 15) is 0 Å². The van der Waals surface area contributed by atoms with Crippen LogP contribution in [-0.4, -0.2) is 24.7 Å². The van der Waals surface area contributed by atoms with Crippen molar-refractivity contribution in [1.29, 1.82) is 0 Å². The predicted molar refractivity (Wildman–Crippen MR) is 107 cm³/mol. The van der Waals surface area contributed by atoms with Gasteiger partial charge in [-0.25, -0.2) is 9.97 Å². The van der Waals surface area contributed by atoms with Gasteiger partial charge in [0, 0.05) is 28.8 Å². The van der Waals surface area contributed by atoms with Crippen LogP contribution in [0.15, 0.2) is 33.1 Å². The first-order chi connectivity index (χ1) is 12.8. The van der Waals surface area contributed by atoms with E-state index < -0.39 is 0 Å². The summed E-state index contributed by atoms with van der Waals surface area (Å²) in [5, 5.41) is 16.3. The fraction of sp³-hybridized carbons (Fsp3) is 0.333. The second-order valence-electron chi connectivity index (χ2n) is 6.35. The molecule has 0 atom stereocenters. The van der Waals surface area contributed by atoms with Crippen molar-refractivity contribution in [2.24, 2.45) is 0 Å². The Labute approximate surface area is 163 Å². The highest BCUT2D eigenvalue weighted by atomic mass is 32.2. The smallest absolute Gasteiger partial charge is 0.197 e. The van der Waals surface area contributed by atoms with Crippen LogP contribution in [0.25, 0.3) is 20.7 Å². The Morgan fingerprint density at radius 1 is 1.12 bits per heavy atom. The molecule has 132 valence electrons. The second-order valence-corrected chi connectivity index (χ2v) is 9.11. The van der Waals surface area contributed by atoms with E-state index in [0.717, 1.165) is 45.0 Å². The predicted octanol–water partition coefficient (Wildman–Crippen LogP) is 5.20. The van der Waals surface area contributed by atoms with Crippen LogP contribution in [0.3, 0.4) is 0 Å². The highest BCUT2D eigenvalue weighted by molar-refractivity contribution is 7.99. The van der Waals surface area contributed by atoms with E-state index in [4.69, 9.17) is 4.98 Å². The van der Waals surface area contributed by atoms with Gasteiger partial charge in [0.2, 0.25) is 0 Å². The molecule has 0 fully saturated rings. The van der Waals surface area contributed by atoms with Crippen LogP contribution in [0, 0.1) is 6.92 Å². The van der Waals surface area contributed by atoms with Gasteiger partial charge in [-0.1, -0.05) is 12.5 Å². The van der Waals surface area contributed by atoms with Gasteiger partial charge in [0.15, 0.2) is 5.16 Å². The van der Waals surface area contributed by atoms with Crippen LogP contribution in [0.1, 0.15) is 30.9 Å². The summed E-state index contributed by atoms with van der Waals surface area (Å²) in [5.74, 6) is 1.91. The van der Waals surface area contributed by atoms with Crippen molar-refractivity contribution < 1.29 is 0 Å². The third kappa shape index (κ3) is 2.86. The van der Waals surface area contributed by atoms with Gasteiger partial charge in [0.25, 0.3) is 0 Å². The Kier molecular flexibility index (Phi) is 4.26. The first-order valence-corrected chi connectivity index (χ1v) is 11.3. The molecule has 0 amide bonds. The normalized spacial score (nSPS) is 14.5. The van der Waals surface area contributed by atoms with Crippen LogP contribution in [-0.2, 0) is 13.0 Å². The number of thiophene rings is 2. The summed E-state index contributed by atoms with van der Waals surface area (Å²) >= 11 is 5.06. The van der Waals surface area contributed by atoms with E-state index in [1.165, 1.54) is 29.7 Å². The molecule has 1 aliphatic heterocycles. The second kappa shape index (κ2) is 6.75. The van der Waals surface area contributed by atoms with Gasteiger partial charge in [-0.05, 0) is 43.0 Å². The molecule has 5 rings (SSSR count). The quantitative estimate of drug-likeness (QED) is 0.443. The lowest BCUT2D eigenvalue weighted by Crippen LogP contribution is -2.02. The van der Waals surface area contributed by atoms with Gasteiger partial charge in [-0.15, -0.1) is 32.9 Å². The molecular weight excluding hydrogens is 382 g/mol. The molecule has 0 radical (unpaired) electrons. The lowest BCUT2D eigenvalue weighted by Gasteiger charge is -2.08. The molecule has 0 N–H and O–H groups in total. The highest BCUT2D eigenvalue weighted by Gasteiger charge is 2.20. The van der Waals surface area contributed by atoms with Crippen molar-refractivity contribution in [3.8, 4) is 10.4 Å². The standard InChI is InChI=1S/C18H17N5S3/c1-11-19-16-15(12(10-25-16)13-6-5-9-24-13)17(20-11)26-18-22-21-14-7-3-2-4-8-23(14)18/h5-6,9-10H,2-4,7-8H2,1H3. The molecule has 0 aromatic carbocycles. The maximum absolute atomic E-state index is 4.77. The SMILES string of the molecule is Cc1nc(Sc2nnc3n2CCCCC3)c2c(-c3cccs3)csc2n1. The van der Waals surface area contributed by atoms with Crippen molar-refractivity contribution in [3.63, 3.8) is 0 Å². The minimum Gasteiger partial charge on any atom is -0.306 e. The largest absolute Gasteiger partial charge is 0.306 e. The third-order valence-electron chi connectivity index (χ3n) is 4.56. The summed E-state index contributed by atoms with van der Waals surface area (Å²) in [7, 11) is 0. The molecule has 26 heavy (non-hydrogen) atoms. The summed E-state index contributed by atoms with van der Waals surface area (Å²) < 4.78 is 2.28. The number of nitrogens with zero attached hydrogens (tertiary/aromatic N) is 5. The Balaban J connectivity index is 1.63. The third-order valence-corrected chi connectivity index (χ3v) is 7.31. The molecule has 0 unspecified atom stereocenters. The Bertz CT molecular complexity index is 1060. The van der Waals surface area contributed by atoms with Gasteiger partial charge in [0.05, 0.1) is 5.39 Å². The number of aromatic nitrogens is 5. The minimum atomic E-state index is 0.801.